The van der Waals surface area contributed by atoms with Crippen molar-refractivity contribution in [1.82, 2.24) is 20.0 Å². The van der Waals surface area contributed by atoms with E-state index < -0.39 is 0 Å². The summed E-state index contributed by atoms with van der Waals surface area (Å²) in [6, 6.07) is 4.07. The Balaban J connectivity index is 1.70. The topological polar surface area (TPSA) is 50.2 Å². The molecule has 0 aliphatic heterocycles. The maximum absolute atomic E-state index is 12.7. The van der Waals surface area contributed by atoms with E-state index in [1.807, 2.05) is 35.4 Å². The summed E-state index contributed by atoms with van der Waals surface area (Å²) < 4.78 is 1.92. The van der Waals surface area contributed by atoms with Gasteiger partial charge in [-0.05, 0) is 30.7 Å². The summed E-state index contributed by atoms with van der Waals surface area (Å²) >= 11 is 1.66. The predicted octanol–water partition coefficient (Wildman–Crippen LogP) is 3.26. The fraction of sp³-hybridized carbons (Fsp3) is 0.412. The second-order valence-corrected chi connectivity index (χ2v) is 6.85. The Morgan fingerprint density at radius 1 is 1.65 bits per heavy atom. The molecule has 0 aromatic carbocycles. The highest BCUT2D eigenvalue weighted by Gasteiger charge is 2.26. The van der Waals surface area contributed by atoms with Gasteiger partial charge in [-0.3, -0.25) is 4.68 Å². The molecule has 1 aliphatic carbocycles. The predicted molar refractivity (Wildman–Crippen MR) is 92.3 cm³/mol. The number of rotatable bonds is 5. The number of fused-ring (bicyclic) bond motifs is 1. The summed E-state index contributed by atoms with van der Waals surface area (Å²) in [6.07, 6.45) is 6.72. The smallest absolute Gasteiger partial charge is 0.318 e. The molecule has 3 rings (SSSR count). The molecule has 122 valence electrons. The molecule has 1 unspecified atom stereocenters. The van der Waals surface area contributed by atoms with Crippen LogP contribution in [0.15, 0.2) is 36.4 Å². The molecular formula is C17H22N4OS. The van der Waals surface area contributed by atoms with E-state index in [9.17, 15) is 4.79 Å². The highest BCUT2D eigenvalue weighted by Crippen LogP contribution is 2.29. The zero-order valence-corrected chi connectivity index (χ0v) is 14.2. The Hall–Kier alpha value is -2.08. The number of hydrogen-bond acceptors (Lipinski definition) is 3. The second-order valence-electron chi connectivity index (χ2n) is 5.81. The van der Waals surface area contributed by atoms with Crippen LogP contribution in [0, 0.1) is 0 Å². The van der Waals surface area contributed by atoms with Crippen LogP contribution >= 0.6 is 11.3 Å². The summed E-state index contributed by atoms with van der Waals surface area (Å²) in [6.45, 7) is 4.92. The van der Waals surface area contributed by atoms with E-state index in [0.29, 0.717) is 13.1 Å². The number of urea groups is 1. The Morgan fingerprint density at radius 3 is 3.26 bits per heavy atom. The third-order valence-corrected chi connectivity index (χ3v) is 5.10. The Morgan fingerprint density at radius 2 is 2.52 bits per heavy atom. The molecule has 23 heavy (non-hydrogen) atoms. The first-order valence-electron chi connectivity index (χ1n) is 7.88. The number of hydrogen-bond donors (Lipinski definition) is 1. The minimum atomic E-state index is -0.0417. The number of carbonyl (C=O) groups excluding carboxylic acids is 1. The van der Waals surface area contributed by atoms with E-state index in [0.717, 1.165) is 24.8 Å². The van der Waals surface area contributed by atoms with Crippen LogP contribution in [0.25, 0.3) is 0 Å². The van der Waals surface area contributed by atoms with Crippen molar-refractivity contribution in [1.29, 1.82) is 0 Å². The van der Waals surface area contributed by atoms with Crippen LogP contribution in [0.2, 0.25) is 0 Å². The van der Waals surface area contributed by atoms with Gasteiger partial charge in [0.15, 0.2) is 0 Å². The second kappa shape index (κ2) is 7.00. The first-order valence-corrected chi connectivity index (χ1v) is 8.76. The van der Waals surface area contributed by atoms with Crippen molar-refractivity contribution < 1.29 is 4.79 Å². The zero-order valence-electron chi connectivity index (χ0n) is 13.4. The lowest BCUT2D eigenvalue weighted by atomic mass is 9.93. The van der Waals surface area contributed by atoms with Crippen LogP contribution in [0.1, 0.15) is 35.0 Å². The highest BCUT2D eigenvalue weighted by molar-refractivity contribution is 7.09. The van der Waals surface area contributed by atoms with Crippen molar-refractivity contribution in [2.24, 2.45) is 7.05 Å². The van der Waals surface area contributed by atoms with Gasteiger partial charge in [-0.1, -0.05) is 12.1 Å². The summed E-state index contributed by atoms with van der Waals surface area (Å²) in [5, 5.41) is 9.54. The van der Waals surface area contributed by atoms with Crippen LogP contribution in [-0.4, -0.2) is 27.3 Å². The molecule has 0 spiro atoms. The van der Waals surface area contributed by atoms with Gasteiger partial charge in [0.2, 0.25) is 0 Å². The van der Waals surface area contributed by atoms with E-state index in [1.54, 1.807) is 22.3 Å². The zero-order chi connectivity index (χ0) is 16.2. The number of nitrogens with one attached hydrogen (secondary N) is 1. The van der Waals surface area contributed by atoms with Crippen molar-refractivity contribution in [3.63, 3.8) is 0 Å². The molecule has 2 aromatic rings. The minimum Gasteiger partial charge on any atom is -0.331 e. The number of thiophene rings is 1. The molecule has 0 saturated carbocycles. The van der Waals surface area contributed by atoms with E-state index in [-0.39, 0.29) is 12.1 Å². The quantitative estimate of drug-likeness (QED) is 0.856. The van der Waals surface area contributed by atoms with Gasteiger partial charge in [0.05, 0.1) is 18.8 Å². The van der Waals surface area contributed by atoms with Gasteiger partial charge < -0.3 is 10.2 Å². The normalized spacial score (nSPS) is 16.7. The molecule has 0 radical (unpaired) electrons. The lowest BCUT2D eigenvalue weighted by Crippen LogP contribution is -2.42. The fourth-order valence-corrected chi connectivity index (χ4v) is 3.78. The minimum absolute atomic E-state index is 0.0417. The monoisotopic (exact) mass is 330 g/mol. The SMILES string of the molecule is C=CCN(Cc1cccs1)C(=O)NC1CCCc2c1cnn2C. The lowest BCUT2D eigenvalue weighted by Gasteiger charge is -2.28. The van der Waals surface area contributed by atoms with Crippen LogP contribution < -0.4 is 5.32 Å². The van der Waals surface area contributed by atoms with Crippen LogP contribution in [0.4, 0.5) is 4.79 Å². The van der Waals surface area contributed by atoms with Gasteiger partial charge in [0.25, 0.3) is 0 Å². The van der Waals surface area contributed by atoms with Crippen molar-refractivity contribution in [3.8, 4) is 0 Å². The summed E-state index contributed by atoms with van der Waals surface area (Å²) in [4.78, 5) is 15.7. The third kappa shape index (κ3) is 3.47. The van der Waals surface area contributed by atoms with Gasteiger partial charge in [-0.2, -0.15) is 5.10 Å². The number of carbonyl (C=O) groups is 1. The van der Waals surface area contributed by atoms with E-state index >= 15 is 0 Å². The number of amides is 2. The third-order valence-electron chi connectivity index (χ3n) is 4.24. The summed E-state index contributed by atoms with van der Waals surface area (Å²) in [7, 11) is 1.96. The highest BCUT2D eigenvalue weighted by atomic mass is 32.1. The molecule has 1 N–H and O–H groups in total. The number of nitrogens with zero attached hydrogens (tertiary/aromatic N) is 3. The summed E-state index contributed by atoms with van der Waals surface area (Å²) in [5.74, 6) is 0. The molecule has 5 nitrogen and oxygen atoms in total. The Bertz CT molecular complexity index is 677. The van der Waals surface area contributed by atoms with Crippen LogP contribution in [-0.2, 0) is 20.0 Å². The fourth-order valence-electron chi connectivity index (χ4n) is 3.06. The van der Waals surface area contributed by atoms with E-state index in [1.165, 1.54) is 10.6 Å². The van der Waals surface area contributed by atoms with Gasteiger partial charge >= 0.3 is 6.03 Å². The Kier molecular flexibility index (Phi) is 4.81. The summed E-state index contributed by atoms with van der Waals surface area (Å²) in [5.41, 5.74) is 2.39. The van der Waals surface area contributed by atoms with Crippen molar-refractivity contribution in [3.05, 3.63) is 52.5 Å². The van der Waals surface area contributed by atoms with Gasteiger partial charge in [0.1, 0.15) is 0 Å². The lowest BCUT2D eigenvalue weighted by molar-refractivity contribution is 0.195. The molecule has 6 heteroatoms. The molecule has 0 saturated heterocycles. The number of aromatic nitrogens is 2. The maximum atomic E-state index is 12.7. The molecule has 0 bridgehead atoms. The van der Waals surface area contributed by atoms with Crippen LogP contribution in [0.5, 0.6) is 0 Å². The molecule has 0 fully saturated rings. The van der Waals surface area contributed by atoms with Gasteiger partial charge in [0, 0.05) is 29.7 Å². The largest absolute Gasteiger partial charge is 0.331 e. The van der Waals surface area contributed by atoms with Gasteiger partial charge in [-0.15, -0.1) is 17.9 Å². The molecule has 1 atom stereocenters. The van der Waals surface area contributed by atoms with Crippen molar-refractivity contribution >= 4 is 17.4 Å². The molecule has 1 aliphatic rings. The van der Waals surface area contributed by atoms with Crippen molar-refractivity contribution in [2.45, 2.75) is 31.8 Å². The average molecular weight is 330 g/mol. The first-order chi connectivity index (χ1) is 11.2. The van der Waals surface area contributed by atoms with E-state index in [4.69, 9.17) is 0 Å². The molecular weight excluding hydrogens is 308 g/mol. The molecule has 2 heterocycles. The van der Waals surface area contributed by atoms with E-state index in [2.05, 4.69) is 17.0 Å². The van der Waals surface area contributed by atoms with Gasteiger partial charge in [-0.25, -0.2) is 4.79 Å². The average Bonchev–Trinajstić information content (AvgIpc) is 3.18. The molecule has 2 aromatic heterocycles. The van der Waals surface area contributed by atoms with Crippen molar-refractivity contribution in [2.75, 3.05) is 6.54 Å². The number of aryl methyl sites for hydroxylation is 1. The standard InChI is InChI=1S/C17H22N4OS/c1-3-9-21(12-13-6-5-10-23-13)17(22)19-15-7-4-8-16-14(15)11-18-20(16)2/h3,5-6,10-11,15H,1,4,7-9,12H2,2H3,(H,19,22). The molecule has 2 amide bonds. The maximum Gasteiger partial charge on any atom is 0.318 e. The van der Waals surface area contributed by atoms with Crippen LogP contribution in [0.3, 0.4) is 0 Å². The first kappa shape index (κ1) is 15.8. The Labute approximate surface area is 140 Å².